The van der Waals surface area contributed by atoms with Gasteiger partial charge in [-0.1, -0.05) is 38.1 Å². The van der Waals surface area contributed by atoms with Gasteiger partial charge in [0, 0.05) is 17.0 Å². The molecule has 3 aromatic rings. The highest BCUT2D eigenvalue weighted by Gasteiger charge is 2.07. The van der Waals surface area contributed by atoms with Crippen molar-refractivity contribution in [1.29, 1.82) is 0 Å². The molecule has 3 rings (SSSR count). The molecular weight excluding hydrogens is 320 g/mol. The van der Waals surface area contributed by atoms with Crippen LogP contribution in [-0.2, 0) is 4.79 Å². The van der Waals surface area contributed by atoms with E-state index in [-0.39, 0.29) is 5.91 Å². The minimum atomic E-state index is -0.234. The third kappa shape index (κ3) is 4.00. The van der Waals surface area contributed by atoms with Crippen LogP contribution in [0.25, 0.3) is 17.3 Å². The van der Waals surface area contributed by atoms with Crippen LogP contribution in [0.5, 0.6) is 0 Å². The average molecular weight is 338 g/mol. The van der Waals surface area contributed by atoms with Gasteiger partial charge in [0.15, 0.2) is 5.13 Å². The van der Waals surface area contributed by atoms with Crippen molar-refractivity contribution in [3.63, 3.8) is 0 Å². The minimum Gasteiger partial charge on any atom is -0.465 e. The van der Waals surface area contributed by atoms with E-state index in [2.05, 4.69) is 48.4 Å². The molecule has 24 heavy (non-hydrogen) atoms. The predicted molar refractivity (Wildman–Crippen MR) is 98.0 cm³/mol. The monoisotopic (exact) mass is 338 g/mol. The molecule has 0 bridgehead atoms. The summed E-state index contributed by atoms with van der Waals surface area (Å²) in [6, 6.07) is 11.9. The van der Waals surface area contributed by atoms with Crippen LogP contribution in [-0.4, -0.2) is 10.9 Å². The van der Waals surface area contributed by atoms with Crippen LogP contribution < -0.4 is 5.32 Å². The maximum absolute atomic E-state index is 11.9. The van der Waals surface area contributed by atoms with Gasteiger partial charge < -0.3 is 4.42 Å². The molecular formula is C19H18N2O2S. The molecule has 2 aromatic heterocycles. The van der Waals surface area contributed by atoms with E-state index in [1.807, 2.05) is 5.38 Å². The lowest BCUT2D eigenvalue weighted by Crippen LogP contribution is -2.07. The molecule has 0 unspecified atom stereocenters. The average Bonchev–Trinajstić information content (AvgIpc) is 3.25. The van der Waals surface area contributed by atoms with Crippen molar-refractivity contribution < 1.29 is 9.21 Å². The largest absolute Gasteiger partial charge is 0.465 e. The van der Waals surface area contributed by atoms with Gasteiger partial charge in [0.25, 0.3) is 0 Å². The molecule has 0 fully saturated rings. The molecule has 4 nitrogen and oxygen atoms in total. The van der Waals surface area contributed by atoms with Crippen LogP contribution in [0.3, 0.4) is 0 Å². The Morgan fingerprint density at radius 3 is 2.71 bits per heavy atom. The van der Waals surface area contributed by atoms with Gasteiger partial charge >= 0.3 is 0 Å². The summed E-state index contributed by atoms with van der Waals surface area (Å²) in [4.78, 5) is 16.4. The second-order valence-corrected chi connectivity index (χ2v) is 6.51. The number of carbonyl (C=O) groups excluding carboxylic acids is 1. The number of hydrogen-bond acceptors (Lipinski definition) is 4. The van der Waals surface area contributed by atoms with Crippen LogP contribution in [0.2, 0.25) is 0 Å². The van der Waals surface area contributed by atoms with E-state index in [1.165, 1.54) is 23.0 Å². The van der Waals surface area contributed by atoms with E-state index in [9.17, 15) is 4.79 Å². The number of thiazole rings is 1. The van der Waals surface area contributed by atoms with Crippen LogP contribution in [0.1, 0.15) is 31.1 Å². The predicted octanol–water partition coefficient (Wildman–Crippen LogP) is 5.18. The summed E-state index contributed by atoms with van der Waals surface area (Å²) in [5.74, 6) is 0.906. The van der Waals surface area contributed by atoms with Gasteiger partial charge in [-0.2, -0.15) is 0 Å². The number of benzene rings is 1. The van der Waals surface area contributed by atoms with Crippen LogP contribution >= 0.6 is 11.3 Å². The lowest BCUT2D eigenvalue weighted by molar-refractivity contribution is -0.111. The zero-order valence-electron chi connectivity index (χ0n) is 13.5. The third-order valence-electron chi connectivity index (χ3n) is 3.55. The summed E-state index contributed by atoms with van der Waals surface area (Å²) >= 11 is 1.41. The molecule has 1 aromatic carbocycles. The summed E-state index contributed by atoms with van der Waals surface area (Å²) in [6.45, 7) is 4.34. The summed E-state index contributed by atoms with van der Waals surface area (Å²) in [7, 11) is 0. The number of carbonyl (C=O) groups is 1. The Bertz CT molecular complexity index is 831. The Balaban J connectivity index is 1.65. The smallest absolute Gasteiger partial charge is 0.250 e. The van der Waals surface area contributed by atoms with Crippen molar-refractivity contribution in [3.05, 3.63) is 65.4 Å². The molecule has 0 aliphatic rings. The molecule has 1 amide bonds. The number of hydrogen-bond donors (Lipinski definition) is 1. The fraction of sp³-hybridized carbons (Fsp3) is 0.158. The minimum absolute atomic E-state index is 0.234. The number of nitrogens with one attached hydrogen (secondary N) is 1. The van der Waals surface area contributed by atoms with E-state index in [0.717, 1.165) is 11.3 Å². The maximum atomic E-state index is 11.9. The van der Waals surface area contributed by atoms with Gasteiger partial charge in [-0.15, -0.1) is 11.3 Å². The fourth-order valence-corrected chi connectivity index (χ4v) is 2.92. The Hall–Kier alpha value is -2.66. The quantitative estimate of drug-likeness (QED) is 0.652. The number of amides is 1. The van der Waals surface area contributed by atoms with Crippen LogP contribution in [0.15, 0.2) is 58.5 Å². The number of furan rings is 1. The highest BCUT2D eigenvalue weighted by Crippen LogP contribution is 2.26. The Morgan fingerprint density at radius 2 is 2.04 bits per heavy atom. The van der Waals surface area contributed by atoms with Gasteiger partial charge in [-0.25, -0.2) is 4.98 Å². The molecule has 2 heterocycles. The first-order chi connectivity index (χ1) is 11.6. The van der Waals surface area contributed by atoms with Gasteiger partial charge in [0.2, 0.25) is 5.91 Å². The van der Waals surface area contributed by atoms with Crippen molar-refractivity contribution in [2.24, 2.45) is 0 Å². The second-order valence-electron chi connectivity index (χ2n) is 5.65. The lowest BCUT2D eigenvalue weighted by Gasteiger charge is -2.05. The van der Waals surface area contributed by atoms with Crippen molar-refractivity contribution in [3.8, 4) is 11.3 Å². The van der Waals surface area contributed by atoms with E-state index in [1.54, 1.807) is 24.5 Å². The molecule has 0 spiro atoms. The van der Waals surface area contributed by atoms with Gasteiger partial charge in [0.05, 0.1) is 12.0 Å². The van der Waals surface area contributed by atoms with E-state index >= 15 is 0 Å². The zero-order valence-corrected chi connectivity index (χ0v) is 14.3. The number of rotatable bonds is 5. The number of nitrogens with zero attached hydrogens (tertiary/aromatic N) is 1. The summed E-state index contributed by atoms with van der Waals surface area (Å²) in [6.07, 6.45) is 4.61. The standard InChI is InChI=1S/C19H18N2O2S/c1-13(2)14-5-7-15(8-6-14)17-12-24-19(20-17)21-18(22)10-9-16-4-3-11-23-16/h3-13H,1-2H3,(H,20,21,22). The second kappa shape index (κ2) is 7.27. The molecule has 0 atom stereocenters. The van der Waals surface area contributed by atoms with Crippen molar-refractivity contribution in [2.45, 2.75) is 19.8 Å². The first-order valence-corrected chi connectivity index (χ1v) is 8.58. The van der Waals surface area contributed by atoms with Crippen molar-refractivity contribution in [2.75, 3.05) is 5.32 Å². The molecule has 1 N–H and O–H groups in total. The normalized spacial score (nSPS) is 11.3. The molecule has 0 saturated carbocycles. The van der Waals surface area contributed by atoms with Crippen LogP contribution in [0.4, 0.5) is 5.13 Å². The Kier molecular flexibility index (Phi) is 4.91. The van der Waals surface area contributed by atoms with Crippen molar-refractivity contribution >= 4 is 28.5 Å². The number of aromatic nitrogens is 1. The fourth-order valence-electron chi connectivity index (χ4n) is 2.19. The topological polar surface area (TPSA) is 55.1 Å². The van der Waals surface area contributed by atoms with Crippen molar-refractivity contribution in [1.82, 2.24) is 4.98 Å². The number of anilines is 1. The SMILES string of the molecule is CC(C)c1ccc(-c2csc(NC(=O)C=Cc3ccco3)n2)cc1. The molecule has 0 aliphatic carbocycles. The lowest BCUT2D eigenvalue weighted by atomic mass is 10.0. The summed E-state index contributed by atoms with van der Waals surface area (Å²) in [5, 5.41) is 5.28. The Labute approximate surface area is 144 Å². The Morgan fingerprint density at radius 1 is 1.25 bits per heavy atom. The van der Waals surface area contributed by atoms with Gasteiger partial charge in [-0.3, -0.25) is 10.1 Å². The molecule has 0 aliphatic heterocycles. The van der Waals surface area contributed by atoms with Gasteiger partial charge in [0.1, 0.15) is 5.76 Å². The van der Waals surface area contributed by atoms with E-state index in [4.69, 9.17) is 4.42 Å². The van der Waals surface area contributed by atoms with E-state index < -0.39 is 0 Å². The maximum Gasteiger partial charge on any atom is 0.250 e. The summed E-state index contributed by atoms with van der Waals surface area (Å²) < 4.78 is 5.14. The van der Waals surface area contributed by atoms with E-state index in [0.29, 0.717) is 16.8 Å². The molecule has 0 saturated heterocycles. The first-order valence-electron chi connectivity index (χ1n) is 7.70. The first kappa shape index (κ1) is 16.2. The molecule has 122 valence electrons. The highest BCUT2D eigenvalue weighted by molar-refractivity contribution is 7.14. The molecule has 0 radical (unpaired) electrons. The van der Waals surface area contributed by atoms with Gasteiger partial charge in [-0.05, 0) is 29.7 Å². The highest BCUT2D eigenvalue weighted by atomic mass is 32.1. The molecule has 5 heteroatoms. The zero-order chi connectivity index (χ0) is 16.9. The van der Waals surface area contributed by atoms with Crippen LogP contribution in [0, 0.1) is 0 Å². The third-order valence-corrected chi connectivity index (χ3v) is 4.31. The summed E-state index contributed by atoms with van der Waals surface area (Å²) in [5.41, 5.74) is 3.20.